The molecule has 0 unspecified atom stereocenters. The standard InChI is InChI=1S/C22H15F3N.C17H12N.C15H28O2.Ir/c1-13-7-14(2)9-15(8-13)20-11-16-10-17(22(23,24)25)3-4-18(16)19-5-6-26-12-21(19)20;1-3-7-14(8-4-1)16-11-12-17(18-13-16)15-9-5-2-6-10-15;1-7-14(5,8-2)12(16)11-13(17)15(6,9-3)10-4;/h3-8,10-12H,1-2H3;1-9,11-13H;11,16H,7-10H2,1-6H3;/q2*-1;;/b;;12-11-;. The number of ketones is 1. The Hall–Kier alpha value is -5.43. The van der Waals surface area contributed by atoms with Gasteiger partial charge in [-0.2, -0.15) is 13.2 Å². The zero-order valence-corrected chi connectivity index (χ0v) is 39.1. The van der Waals surface area contributed by atoms with Crippen LogP contribution in [0.4, 0.5) is 13.2 Å². The number of carbonyl (C=O) groups is 1. The van der Waals surface area contributed by atoms with E-state index in [1.807, 2.05) is 128 Å². The molecule has 0 aliphatic heterocycles. The molecule has 7 aromatic rings. The summed E-state index contributed by atoms with van der Waals surface area (Å²) in [5, 5.41) is 13.3. The molecule has 7 rings (SSSR count). The molecule has 4 nitrogen and oxygen atoms in total. The second kappa shape index (κ2) is 21.6. The number of nitrogens with zero attached hydrogens (tertiary/aromatic N) is 2. The van der Waals surface area contributed by atoms with Crippen molar-refractivity contribution in [1.82, 2.24) is 9.97 Å². The van der Waals surface area contributed by atoms with Crippen molar-refractivity contribution >= 4 is 27.3 Å². The molecule has 62 heavy (non-hydrogen) atoms. The number of aliphatic hydroxyl groups is 1. The number of aromatic nitrogens is 2. The maximum Gasteiger partial charge on any atom is 0.416 e. The summed E-state index contributed by atoms with van der Waals surface area (Å²) in [6.45, 7) is 16.0. The van der Waals surface area contributed by atoms with E-state index in [2.05, 4.69) is 40.3 Å². The second-order valence-electron chi connectivity index (χ2n) is 16.0. The van der Waals surface area contributed by atoms with Crippen LogP contribution in [0.5, 0.6) is 0 Å². The summed E-state index contributed by atoms with van der Waals surface area (Å²) in [7, 11) is 0. The molecule has 0 atom stereocenters. The third-order valence-corrected chi connectivity index (χ3v) is 12.0. The minimum absolute atomic E-state index is 0. The van der Waals surface area contributed by atoms with Gasteiger partial charge in [0.05, 0.1) is 5.56 Å². The predicted molar refractivity (Wildman–Crippen MR) is 245 cm³/mol. The fourth-order valence-corrected chi connectivity index (χ4v) is 7.03. The Kier molecular flexibility index (Phi) is 17.1. The number of allylic oxidation sites excluding steroid dienone is 2. The summed E-state index contributed by atoms with van der Waals surface area (Å²) in [5.74, 6) is 0.286. The Morgan fingerprint density at radius 1 is 0.710 bits per heavy atom. The van der Waals surface area contributed by atoms with E-state index < -0.39 is 11.7 Å². The zero-order chi connectivity index (χ0) is 44.4. The van der Waals surface area contributed by atoms with Crippen molar-refractivity contribution in [1.29, 1.82) is 0 Å². The molecule has 5 aromatic carbocycles. The monoisotopic (exact) mass is 1010 g/mol. The van der Waals surface area contributed by atoms with Gasteiger partial charge in [-0.05, 0) is 82.2 Å². The minimum atomic E-state index is -4.37. The summed E-state index contributed by atoms with van der Waals surface area (Å²) in [5.41, 5.74) is 6.82. The number of halogens is 3. The molecule has 0 aliphatic rings. The SMILES string of the molecule is CCC(C)(CC)C(=O)/C=C(\O)C(C)(CC)CC.Cc1[c-]c(-c2cc3cc(C(F)(F)F)ccc3c3ccncc23)cc(C)c1.[Ir].[c-]1ccccc1-c1ccc(-c2ccccc2)cn1. The van der Waals surface area contributed by atoms with Gasteiger partial charge < -0.3 is 10.1 Å². The van der Waals surface area contributed by atoms with Gasteiger partial charge in [0.25, 0.3) is 0 Å². The van der Waals surface area contributed by atoms with E-state index >= 15 is 0 Å². The Morgan fingerprint density at radius 3 is 1.97 bits per heavy atom. The predicted octanol–water partition coefficient (Wildman–Crippen LogP) is 15.4. The van der Waals surface area contributed by atoms with E-state index in [9.17, 15) is 23.1 Å². The number of hydrogen-bond donors (Lipinski definition) is 1. The van der Waals surface area contributed by atoms with Crippen LogP contribution < -0.4 is 0 Å². The minimum Gasteiger partial charge on any atom is -0.512 e. The van der Waals surface area contributed by atoms with Gasteiger partial charge in [0, 0.05) is 55.6 Å². The average molecular weight is 1010 g/mol. The molecular formula is C54H55F3IrN2O2-2. The van der Waals surface area contributed by atoms with E-state index in [1.165, 1.54) is 23.8 Å². The number of benzene rings is 5. The third kappa shape index (κ3) is 11.9. The van der Waals surface area contributed by atoms with Gasteiger partial charge in [0.1, 0.15) is 5.76 Å². The Morgan fingerprint density at radius 2 is 1.39 bits per heavy atom. The van der Waals surface area contributed by atoms with Gasteiger partial charge in [-0.3, -0.25) is 9.78 Å². The molecule has 0 fully saturated rings. The number of alkyl halides is 3. The van der Waals surface area contributed by atoms with Gasteiger partial charge in [-0.1, -0.05) is 116 Å². The number of carbonyl (C=O) groups excluding carboxylic acids is 1. The van der Waals surface area contributed by atoms with Crippen LogP contribution in [-0.2, 0) is 31.1 Å². The first-order chi connectivity index (χ1) is 29.0. The van der Waals surface area contributed by atoms with Crippen molar-refractivity contribution in [3.05, 3.63) is 168 Å². The number of rotatable bonds is 10. The number of pyridine rings is 2. The third-order valence-electron chi connectivity index (χ3n) is 12.0. The molecule has 2 heterocycles. The average Bonchev–Trinajstić information content (AvgIpc) is 3.28. The number of aryl methyl sites for hydroxylation is 2. The fraction of sp³-hybridized carbons (Fsp3) is 0.278. The molecule has 2 aromatic heterocycles. The Labute approximate surface area is 378 Å². The quantitative estimate of drug-likeness (QED) is 0.0642. The van der Waals surface area contributed by atoms with Gasteiger partial charge >= 0.3 is 6.18 Å². The van der Waals surface area contributed by atoms with Crippen molar-refractivity contribution in [2.75, 3.05) is 0 Å². The molecule has 325 valence electrons. The molecule has 0 bridgehead atoms. The zero-order valence-electron chi connectivity index (χ0n) is 36.7. The van der Waals surface area contributed by atoms with Crippen LogP contribution in [0, 0.1) is 36.8 Å². The molecule has 0 amide bonds. The van der Waals surface area contributed by atoms with Crippen LogP contribution in [0.3, 0.4) is 0 Å². The van der Waals surface area contributed by atoms with Gasteiger partial charge in [0.2, 0.25) is 0 Å². The largest absolute Gasteiger partial charge is 0.512 e. The Balaban J connectivity index is 0.000000210. The van der Waals surface area contributed by atoms with Crippen molar-refractivity contribution in [2.24, 2.45) is 10.8 Å². The topological polar surface area (TPSA) is 63.1 Å². The van der Waals surface area contributed by atoms with Crippen molar-refractivity contribution in [3.63, 3.8) is 0 Å². The molecule has 1 N–H and O–H groups in total. The first kappa shape index (κ1) is 49.2. The van der Waals surface area contributed by atoms with E-state index in [-0.39, 0.29) is 42.5 Å². The Bertz CT molecular complexity index is 2500. The smallest absolute Gasteiger partial charge is 0.416 e. The van der Waals surface area contributed by atoms with Gasteiger partial charge in [0.15, 0.2) is 5.78 Å². The van der Waals surface area contributed by atoms with Crippen molar-refractivity contribution in [3.8, 4) is 33.5 Å². The van der Waals surface area contributed by atoms with E-state index in [4.69, 9.17) is 0 Å². The van der Waals surface area contributed by atoms with Crippen LogP contribution in [0.15, 0.2) is 140 Å². The number of fused-ring (bicyclic) bond motifs is 3. The fourth-order valence-electron chi connectivity index (χ4n) is 7.03. The first-order valence-corrected chi connectivity index (χ1v) is 20.9. The van der Waals surface area contributed by atoms with Crippen LogP contribution in [0.1, 0.15) is 83.9 Å². The summed E-state index contributed by atoms with van der Waals surface area (Å²) >= 11 is 0. The van der Waals surface area contributed by atoms with Crippen LogP contribution in [0.2, 0.25) is 0 Å². The van der Waals surface area contributed by atoms with Crippen molar-refractivity contribution in [2.45, 2.75) is 87.2 Å². The normalized spacial score (nSPS) is 11.8. The molecule has 0 spiro atoms. The summed E-state index contributed by atoms with van der Waals surface area (Å²) < 4.78 is 39.4. The van der Waals surface area contributed by atoms with Crippen LogP contribution in [-0.4, -0.2) is 20.9 Å². The van der Waals surface area contributed by atoms with E-state index in [1.54, 1.807) is 18.5 Å². The van der Waals surface area contributed by atoms with Gasteiger partial charge in [-0.15, -0.1) is 70.8 Å². The summed E-state index contributed by atoms with van der Waals surface area (Å²) in [6, 6.07) is 40.3. The molecular weight excluding hydrogens is 958 g/mol. The maximum absolute atomic E-state index is 13.1. The molecule has 0 aliphatic carbocycles. The van der Waals surface area contributed by atoms with Crippen molar-refractivity contribution < 1.29 is 43.2 Å². The number of aliphatic hydroxyl groups excluding tert-OH is 1. The second-order valence-corrected chi connectivity index (χ2v) is 16.0. The molecule has 0 saturated heterocycles. The van der Waals surface area contributed by atoms with E-state index in [0.717, 1.165) is 87.0 Å². The van der Waals surface area contributed by atoms with E-state index in [0.29, 0.717) is 5.39 Å². The summed E-state index contributed by atoms with van der Waals surface area (Å²) in [4.78, 5) is 20.9. The molecule has 0 saturated carbocycles. The number of hydrogen-bond acceptors (Lipinski definition) is 4. The van der Waals surface area contributed by atoms with Gasteiger partial charge in [-0.25, -0.2) is 0 Å². The summed E-state index contributed by atoms with van der Waals surface area (Å²) in [6.07, 6.45) is 5.71. The maximum atomic E-state index is 13.1. The molecule has 1 radical (unpaired) electrons. The molecule has 8 heteroatoms. The van der Waals surface area contributed by atoms with Crippen LogP contribution in [0.25, 0.3) is 55.1 Å². The van der Waals surface area contributed by atoms with Crippen LogP contribution >= 0.6 is 0 Å². The first-order valence-electron chi connectivity index (χ1n) is 20.9.